The van der Waals surface area contributed by atoms with E-state index in [2.05, 4.69) is 23.5 Å². The fourth-order valence-corrected chi connectivity index (χ4v) is 2.65. The molecule has 2 nitrogen and oxygen atoms in total. The Morgan fingerprint density at radius 2 is 2.06 bits per heavy atom. The van der Waals surface area contributed by atoms with Crippen LogP contribution in [0.1, 0.15) is 36.0 Å². The lowest BCUT2D eigenvalue weighted by molar-refractivity contribution is 0.126. The molecular weight excluding hydrogens is 222 g/mol. The quantitative estimate of drug-likeness (QED) is 0.746. The van der Waals surface area contributed by atoms with Gasteiger partial charge < -0.3 is 10.1 Å². The van der Waals surface area contributed by atoms with Crippen LogP contribution in [0.4, 0.5) is 0 Å². The van der Waals surface area contributed by atoms with Crippen LogP contribution in [0.5, 0.6) is 0 Å². The number of nitrogens with one attached hydrogen (secondary N) is 1. The smallest absolute Gasteiger partial charge is 0.0591 e. The number of rotatable bonds is 7. The van der Waals surface area contributed by atoms with Gasteiger partial charge in [-0.15, -0.1) is 0 Å². The standard InChI is InChI=1S/C16H23NO/c1-2-15-7-6-14(10-16(15)3-1)11-17-8-9-18-12-13-4-5-13/h6-7,10,13,17H,1-5,8-9,11-12H2. The zero-order valence-corrected chi connectivity index (χ0v) is 11.1. The summed E-state index contributed by atoms with van der Waals surface area (Å²) in [7, 11) is 0. The van der Waals surface area contributed by atoms with Gasteiger partial charge in [0, 0.05) is 19.7 Å². The third kappa shape index (κ3) is 3.33. The first-order valence-electron chi connectivity index (χ1n) is 7.31. The zero-order chi connectivity index (χ0) is 12.2. The predicted molar refractivity (Wildman–Crippen MR) is 73.7 cm³/mol. The maximum absolute atomic E-state index is 5.61. The zero-order valence-electron chi connectivity index (χ0n) is 11.1. The third-order valence-corrected chi connectivity index (χ3v) is 3.97. The highest BCUT2D eigenvalue weighted by atomic mass is 16.5. The third-order valence-electron chi connectivity index (χ3n) is 3.97. The molecule has 0 saturated heterocycles. The van der Waals surface area contributed by atoms with Crippen LogP contribution < -0.4 is 5.32 Å². The molecule has 0 radical (unpaired) electrons. The summed E-state index contributed by atoms with van der Waals surface area (Å²) in [5.41, 5.74) is 4.55. The van der Waals surface area contributed by atoms with Crippen LogP contribution in [0.2, 0.25) is 0 Å². The minimum absolute atomic E-state index is 0.849. The van der Waals surface area contributed by atoms with Crippen LogP contribution >= 0.6 is 0 Å². The Bertz CT molecular complexity index is 398. The Kier molecular flexibility index (Phi) is 3.96. The summed E-state index contributed by atoms with van der Waals surface area (Å²) in [5.74, 6) is 0.877. The Balaban J connectivity index is 1.34. The van der Waals surface area contributed by atoms with Gasteiger partial charge in [0.15, 0.2) is 0 Å². The number of benzene rings is 1. The number of ether oxygens (including phenoxy) is 1. The van der Waals surface area contributed by atoms with E-state index in [1.165, 1.54) is 37.7 Å². The highest BCUT2D eigenvalue weighted by Gasteiger charge is 2.20. The van der Waals surface area contributed by atoms with Crippen molar-refractivity contribution in [3.8, 4) is 0 Å². The maximum Gasteiger partial charge on any atom is 0.0591 e. The van der Waals surface area contributed by atoms with E-state index in [9.17, 15) is 0 Å². The summed E-state index contributed by atoms with van der Waals surface area (Å²) < 4.78 is 5.61. The number of hydrogen-bond acceptors (Lipinski definition) is 2. The van der Waals surface area contributed by atoms with E-state index in [0.29, 0.717) is 0 Å². The Morgan fingerprint density at radius 3 is 2.94 bits per heavy atom. The second-order valence-electron chi connectivity index (χ2n) is 5.65. The molecule has 1 saturated carbocycles. The fraction of sp³-hybridized carbons (Fsp3) is 0.625. The van der Waals surface area contributed by atoms with Gasteiger partial charge in [0.25, 0.3) is 0 Å². The lowest BCUT2D eigenvalue weighted by Gasteiger charge is -2.07. The van der Waals surface area contributed by atoms with Gasteiger partial charge >= 0.3 is 0 Å². The second-order valence-corrected chi connectivity index (χ2v) is 5.65. The topological polar surface area (TPSA) is 21.3 Å². The molecule has 0 bridgehead atoms. The average molecular weight is 245 g/mol. The summed E-state index contributed by atoms with van der Waals surface area (Å²) in [6, 6.07) is 6.95. The van der Waals surface area contributed by atoms with Gasteiger partial charge in [-0.2, -0.15) is 0 Å². The first-order valence-corrected chi connectivity index (χ1v) is 7.31. The largest absolute Gasteiger partial charge is 0.380 e. The van der Waals surface area contributed by atoms with Crippen LogP contribution in [0.3, 0.4) is 0 Å². The molecule has 0 heterocycles. The fourth-order valence-electron chi connectivity index (χ4n) is 2.65. The molecule has 1 aromatic rings. The summed E-state index contributed by atoms with van der Waals surface area (Å²) in [6.07, 6.45) is 6.64. The van der Waals surface area contributed by atoms with E-state index < -0.39 is 0 Å². The van der Waals surface area contributed by atoms with Crippen LogP contribution in [-0.2, 0) is 24.1 Å². The average Bonchev–Trinajstić information content (AvgIpc) is 3.09. The molecule has 18 heavy (non-hydrogen) atoms. The number of aryl methyl sites for hydroxylation is 2. The Hall–Kier alpha value is -0.860. The highest BCUT2D eigenvalue weighted by molar-refractivity contribution is 5.35. The highest BCUT2D eigenvalue weighted by Crippen LogP contribution is 2.28. The number of hydrogen-bond donors (Lipinski definition) is 1. The van der Waals surface area contributed by atoms with E-state index in [1.807, 2.05) is 0 Å². The molecule has 0 unspecified atom stereocenters. The van der Waals surface area contributed by atoms with Crippen molar-refractivity contribution in [2.45, 2.75) is 38.6 Å². The van der Waals surface area contributed by atoms with Gasteiger partial charge in [-0.1, -0.05) is 18.2 Å². The van der Waals surface area contributed by atoms with Crippen molar-refractivity contribution in [1.82, 2.24) is 5.32 Å². The second kappa shape index (κ2) is 5.85. The lowest BCUT2D eigenvalue weighted by atomic mass is 10.1. The van der Waals surface area contributed by atoms with Gasteiger partial charge in [0.05, 0.1) is 6.61 Å². The van der Waals surface area contributed by atoms with Crippen LogP contribution in [0.25, 0.3) is 0 Å². The summed E-state index contributed by atoms with van der Waals surface area (Å²) in [4.78, 5) is 0. The monoisotopic (exact) mass is 245 g/mol. The van der Waals surface area contributed by atoms with Crippen molar-refractivity contribution < 1.29 is 4.74 Å². The first kappa shape index (κ1) is 12.2. The van der Waals surface area contributed by atoms with E-state index in [1.54, 1.807) is 11.1 Å². The molecule has 0 aromatic heterocycles. The molecule has 2 aliphatic rings. The summed E-state index contributed by atoms with van der Waals surface area (Å²) in [6.45, 7) is 3.76. The van der Waals surface area contributed by atoms with Gasteiger partial charge in [0.2, 0.25) is 0 Å². The molecule has 2 aliphatic carbocycles. The lowest BCUT2D eigenvalue weighted by Crippen LogP contribution is -2.19. The van der Waals surface area contributed by atoms with E-state index in [-0.39, 0.29) is 0 Å². The Morgan fingerprint density at radius 1 is 1.17 bits per heavy atom. The van der Waals surface area contributed by atoms with E-state index >= 15 is 0 Å². The minimum atomic E-state index is 0.849. The molecule has 0 spiro atoms. The molecule has 3 rings (SSSR count). The van der Waals surface area contributed by atoms with Crippen LogP contribution in [-0.4, -0.2) is 19.8 Å². The van der Waals surface area contributed by atoms with E-state index in [0.717, 1.165) is 32.2 Å². The van der Waals surface area contributed by atoms with Gasteiger partial charge in [0.1, 0.15) is 0 Å². The van der Waals surface area contributed by atoms with Gasteiger partial charge in [-0.25, -0.2) is 0 Å². The van der Waals surface area contributed by atoms with Crippen molar-refractivity contribution in [3.63, 3.8) is 0 Å². The molecule has 1 N–H and O–H groups in total. The normalized spacial score (nSPS) is 18.0. The van der Waals surface area contributed by atoms with Gasteiger partial charge in [-0.05, 0) is 54.7 Å². The SMILES string of the molecule is c1cc2c(cc1CNCCOCC1CC1)CCC2. The van der Waals surface area contributed by atoms with Crippen molar-refractivity contribution >= 4 is 0 Å². The molecule has 0 amide bonds. The minimum Gasteiger partial charge on any atom is -0.380 e. The molecule has 2 heteroatoms. The molecule has 1 fully saturated rings. The van der Waals surface area contributed by atoms with Crippen LogP contribution in [0.15, 0.2) is 18.2 Å². The first-order chi connectivity index (χ1) is 8.92. The molecular formula is C16H23NO. The van der Waals surface area contributed by atoms with Crippen molar-refractivity contribution in [3.05, 3.63) is 34.9 Å². The Labute approximate surface area is 110 Å². The van der Waals surface area contributed by atoms with Crippen molar-refractivity contribution in [1.29, 1.82) is 0 Å². The van der Waals surface area contributed by atoms with Crippen molar-refractivity contribution in [2.24, 2.45) is 5.92 Å². The van der Waals surface area contributed by atoms with Gasteiger partial charge in [-0.3, -0.25) is 0 Å². The summed E-state index contributed by atoms with van der Waals surface area (Å²) in [5, 5.41) is 3.46. The molecule has 0 aliphatic heterocycles. The van der Waals surface area contributed by atoms with Crippen LogP contribution in [0, 0.1) is 5.92 Å². The molecule has 1 aromatic carbocycles. The van der Waals surface area contributed by atoms with Crippen molar-refractivity contribution in [2.75, 3.05) is 19.8 Å². The molecule has 98 valence electrons. The molecule has 0 atom stereocenters. The number of fused-ring (bicyclic) bond motifs is 1. The van der Waals surface area contributed by atoms with E-state index in [4.69, 9.17) is 4.74 Å². The maximum atomic E-state index is 5.61. The predicted octanol–water partition coefficient (Wildman–Crippen LogP) is 2.69. The summed E-state index contributed by atoms with van der Waals surface area (Å²) >= 11 is 0.